The number of aliphatic hydroxyl groups excluding tert-OH is 1. The van der Waals surface area contributed by atoms with Crippen molar-refractivity contribution < 1.29 is 9.90 Å². The number of ketones is 1. The van der Waals surface area contributed by atoms with Crippen LogP contribution in [0.25, 0.3) is 0 Å². The van der Waals surface area contributed by atoms with Crippen LogP contribution in [0.3, 0.4) is 0 Å². The van der Waals surface area contributed by atoms with Gasteiger partial charge >= 0.3 is 0 Å². The van der Waals surface area contributed by atoms with Gasteiger partial charge in [0.05, 0.1) is 23.7 Å². The molecule has 0 aliphatic rings. The number of carbonyl (C=O) groups is 1. The maximum atomic E-state index is 11.4. The molecule has 1 atom stereocenters. The highest BCUT2D eigenvalue weighted by Crippen LogP contribution is 2.23. The molecule has 1 unspecified atom stereocenters. The monoisotopic (exact) mass is 228 g/mol. The number of aliphatic hydroxyl groups is 1. The quantitative estimate of drug-likeness (QED) is 0.773. The first-order chi connectivity index (χ1) is 7.10. The van der Waals surface area contributed by atoms with Crippen LogP contribution in [0.1, 0.15) is 26.0 Å². The summed E-state index contributed by atoms with van der Waals surface area (Å²) >= 11 is 1.43. The van der Waals surface area contributed by atoms with Crippen LogP contribution in [0.2, 0.25) is 0 Å². The molecule has 0 aliphatic carbocycles. The number of aromatic nitrogens is 2. The molecule has 0 saturated heterocycles. The van der Waals surface area contributed by atoms with Gasteiger partial charge < -0.3 is 9.67 Å². The lowest BCUT2D eigenvalue weighted by atomic mass is 10.2. The van der Waals surface area contributed by atoms with E-state index >= 15 is 0 Å². The van der Waals surface area contributed by atoms with Crippen LogP contribution in [0.5, 0.6) is 0 Å². The van der Waals surface area contributed by atoms with Crippen molar-refractivity contribution in [2.45, 2.75) is 37.3 Å². The van der Waals surface area contributed by atoms with Gasteiger partial charge in [0, 0.05) is 13.5 Å². The van der Waals surface area contributed by atoms with E-state index in [9.17, 15) is 4.79 Å². The zero-order valence-corrected chi connectivity index (χ0v) is 10.0. The van der Waals surface area contributed by atoms with Crippen molar-refractivity contribution in [2.75, 3.05) is 0 Å². The highest BCUT2D eigenvalue weighted by molar-refractivity contribution is 8.00. The number of thioether (sulfide) groups is 1. The van der Waals surface area contributed by atoms with Crippen LogP contribution in [0, 0.1) is 0 Å². The fraction of sp³-hybridized carbons (Fsp3) is 0.600. The first-order valence-corrected chi connectivity index (χ1v) is 5.78. The number of rotatable bonds is 5. The van der Waals surface area contributed by atoms with Crippen LogP contribution >= 0.6 is 11.8 Å². The third kappa shape index (κ3) is 2.82. The molecule has 5 heteroatoms. The summed E-state index contributed by atoms with van der Waals surface area (Å²) in [6, 6.07) is 0. The third-order valence-corrected chi connectivity index (χ3v) is 3.49. The molecule has 0 amide bonds. The molecule has 0 radical (unpaired) electrons. The zero-order chi connectivity index (χ0) is 11.4. The number of hydrogen-bond acceptors (Lipinski definition) is 4. The lowest BCUT2D eigenvalue weighted by molar-refractivity contribution is -0.118. The molecule has 1 heterocycles. The Bertz CT molecular complexity index is 349. The van der Waals surface area contributed by atoms with E-state index in [0.717, 1.165) is 10.9 Å². The predicted molar refractivity (Wildman–Crippen MR) is 59.7 cm³/mol. The molecule has 84 valence electrons. The predicted octanol–water partition coefficient (Wildman–Crippen LogP) is 1.37. The normalized spacial score (nSPS) is 12.8. The van der Waals surface area contributed by atoms with Crippen molar-refractivity contribution in [3.63, 3.8) is 0 Å². The van der Waals surface area contributed by atoms with Crippen molar-refractivity contribution in [1.82, 2.24) is 9.55 Å². The Morgan fingerprint density at radius 2 is 2.40 bits per heavy atom. The van der Waals surface area contributed by atoms with E-state index in [1.165, 1.54) is 11.8 Å². The minimum atomic E-state index is -0.0809. The Morgan fingerprint density at radius 3 is 2.87 bits per heavy atom. The Morgan fingerprint density at radius 1 is 1.73 bits per heavy atom. The highest BCUT2D eigenvalue weighted by Gasteiger charge is 2.15. The van der Waals surface area contributed by atoms with E-state index in [2.05, 4.69) is 4.98 Å². The molecule has 0 fully saturated rings. The van der Waals surface area contributed by atoms with Crippen LogP contribution < -0.4 is 0 Å². The Labute approximate surface area is 93.7 Å². The van der Waals surface area contributed by atoms with Crippen molar-refractivity contribution in [1.29, 1.82) is 0 Å². The summed E-state index contributed by atoms with van der Waals surface area (Å²) in [7, 11) is 1.84. The molecule has 15 heavy (non-hydrogen) atoms. The van der Waals surface area contributed by atoms with Gasteiger partial charge in [-0.2, -0.15) is 0 Å². The number of hydrogen-bond donors (Lipinski definition) is 1. The van der Waals surface area contributed by atoms with Crippen molar-refractivity contribution in [2.24, 2.45) is 7.05 Å². The maximum absolute atomic E-state index is 11.4. The minimum absolute atomic E-state index is 0.0276. The molecule has 0 bridgehead atoms. The molecule has 0 aromatic carbocycles. The first kappa shape index (κ1) is 12.3. The molecule has 1 rings (SSSR count). The summed E-state index contributed by atoms with van der Waals surface area (Å²) < 4.78 is 1.81. The van der Waals surface area contributed by atoms with Gasteiger partial charge in [0.1, 0.15) is 5.78 Å². The van der Waals surface area contributed by atoms with Crippen LogP contribution in [0.15, 0.2) is 11.4 Å². The van der Waals surface area contributed by atoms with Crippen LogP contribution in [-0.4, -0.2) is 25.7 Å². The minimum Gasteiger partial charge on any atom is -0.390 e. The molecule has 1 N–H and O–H groups in total. The fourth-order valence-corrected chi connectivity index (χ4v) is 2.20. The van der Waals surface area contributed by atoms with Crippen LogP contribution in [0.4, 0.5) is 0 Å². The topological polar surface area (TPSA) is 55.1 Å². The second-order valence-corrected chi connectivity index (χ2v) is 4.64. The van der Waals surface area contributed by atoms with Crippen LogP contribution in [-0.2, 0) is 18.4 Å². The van der Waals surface area contributed by atoms with E-state index < -0.39 is 0 Å². The molecule has 4 nitrogen and oxygen atoms in total. The summed E-state index contributed by atoms with van der Waals surface area (Å²) in [4.78, 5) is 15.6. The van der Waals surface area contributed by atoms with Gasteiger partial charge in [0.15, 0.2) is 5.16 Å². The second kappa shape index (κ2) is 5.32. The van der Waals surface area contributed by atoms with E-state index in [-0.39, 0.29) is 17.6 Å². The van der Waals surface area contributed by atoms with E-state index in [1.54, 1.807) is 6.20 Å². The molecule has 1 aromatic heterocycles. The van der Waals surface area contributed by atoms with Gasteiger partial charge in [-0.15, -0.1) is 0 Å². The summed E-state index contributed by atoms with van der Waals surface area (Å²) in [5.41, 5.74) is 0.758. The van der Waals surface area contributed by atoms with Gasteiger partial charge in [0.2, 0.25) is 0 Å². The summed E-state index contributed by atoms with van der Waals surface area (Å²) in [6.07, 6.45) is 2.18. The molecule has 0 saturated carbocycles. The lowest BCUT2D eigenvalue weighted by Gasteiger charge is -2.08. The smallest absolute Gasteiger partial charge is 0.168 e. The molecular formula is C10H16N2O2S. The largest absolute Gasteiger partial charge is 0.390 e. The highest BCUT2D eigenvalue weighted by atomic mass is 32.2. The number of imidazole rings is 1. The molecule has 0 spiro atoms. The van der Waals surface area contributed by atoms with Gasteiger partial charge in [-0.05, 0) is 6.92 Å². The van der Waals surface area contributed by atoms with Gasteiger partial charge in [0.25, 0.3) is 0 Å². The Kier molecular flexibility index (Phi) is 4.35. The second-order valence-electron chi connectivity index (χ2n) is 3.33. The third-order valence-electron chi connectivity index (χ3n) is 2.29. The van der Waals surface area contributed by atoms with Gasteiger partial charge in [-0.3, -0.25) is 4.79 Å². The fourth-order valence-electron chi connectivity index (χ4n) is 1.19. The van der Waals surface area contributed by atoms with Crippen molar-refractivity contribution >= 4 is 17.5 Å². The van der Waals surface area contributed by atoms with E-state index in [1.807, 2.05) is 25.5 Å². The maximum Gasteiger partial charge on any atom is 0.168 e. The van der Waals surface area contributed by atoms with Crippen molar-refractivity contribution in [3.05, 3.63) is 11.9 Å². The average Bonchev–Trinajstić information content (AvgIpc) is 2.58. The first-order valence-electron chi connectivity index (χ1n) is 4.91. The average molecular weight is 228 g/mol. The number of Topliss-reactive ketones (excluding diaryl/α,β-unsaturated/α-hetero) is 1. The van der Waals surface area contributed by atoms with Crippen molar-refractivity contribution in [3.8, 4) is 0 Å². The van der Waals surface area contributed by atoms with Gasteiger partial charge in [-0.25, -0.2) is 4.98 Å². The number of nitrogens with zero attached hydrogens (tertiary/aromatic N) is 2. The summed E-state index contributed by atoms with van der Waals surface area (Å²) in [5.74, 6) is 0.216. The number of carbonyl (C=O) groups excluding carboxylic acids is 1. The van der Waals surface area contributed by atoms with Gasteiger partial charge in [-0.1, -0.05) is 18.7 Å². The summed E-state index contributed by atoms with van der Waals surface area (Å²) in [6.45, 7) is 3.71. The standard InChI is InChI=1S/C10H16N2O2S/c1-4-9(14)7(2)15-10-11-5-8(6-13)12(10)3/h5,7,13H,4,6H2,1-3H3. The van der Waals surface area contributed by atoms with E-state index in [0.29, 0.717) is 6.42 Å². The Balaban J connectivity index is 2.72. The molecular weight excluding hydrogens is 212 g/mol. The summed E-state index contributed by atoms with van der Waals surface area (Å²) in [5, 5.41) is 9.67. The Hall–Kier alpha value is -0.810. The molecule has 0 aliphatic heterocycles. The zero-order valence-electron chi connectivity index (χ0n) is 9.23. The molecule has 1 aromatic rings. The lowest BCUT2D eigenvalue weighted by Crippen LogP contribution is -2.12. The SMILES string of the molecule is CCC(=O)C(C)Sc1ncc(CO)n1C. The van der Waals surface area contributed by atoms with E-state index in [4.69, 9.17) is 5.11 Å².